The first-order valence-electron chi connectivity index (χ1n) is 8.50. The number of nitrogens with two attached hydrogens (primary N) is 1. The number of aromatic amines is 1. The Hall–Kier alpha value is -1.57. The number of fused-ring (bicyclic) bond motifs is 2. The number of aromatic nitrogens is 4. The van der Waals surface area contributed by atoms with Crippen molar-refractivity contribution in [2.45, 2.75) is 50.5 Å². The van der Waals surface area contributed by atoms with Gasteiger partial charge in [0.05, 0.1) is 19.0 Å². The molecule has 2 aromatic rings. The van der Waals surface area contributed by atoms with Gasteiger partial charge in [-0.1, -0.05) is 0 Å². The van der Waals surface area contributed by atoms with E-state index in [4.69, 9.17) is 35.8 Å². The van der Waals surface area contributed by atoms with E-state index in [0.717, 1.165) is 10.9 Å². The highest BCUT2D eigenvalue weighted by Gasteiger charge is 2.67. The van der Waals surface area contributed by atoms with Crippen molar-refractivity contribution < 1.29 is 31.5 Å². The first-order valence-corrected chi connectivity index (χ1v) is 11.1. The maximum Gasteiger partial charge on any atom is 0.328 e. The number of halogens is 3. The second-order valence-corrected chi connectivity index (χ2v) is 9.80. The van der Waals surface area contributed by atoms with Gasteiger partial charge in [-0.3, -0.25) is 18.9 Å². The molecule has 2 fully saturated rings. The number of hydrogen-bond donors (Lipinski definition) is 2. The normalized spacial score (nSPS) is 34.9. The molecule has 4 heterocycles. The minimum atomic E-state index is -3.46. The Morgan fingerprint density at radius 3 is 2.90 bits per heavy atom. The van der Waals surface area contributed by atoms with E-state index in [0.29, 0.717) is 0 Å². The summed E-state index contributed by atoms with van der Waals surface area (Å²) in [7, 11) is 0. The van der Waals surface area contributed by atoms with Gasteiger partial charge < -0.3 is 19.5 Å². The summed E-state index contributed by atoms with van der Waals surface area (Å²) in [5.74, 6) is -0.251. The maximum absolute atomic E-state index is 15.4. The molecule has 0 saturated carbocycles. The number of nitrogens with zero attached hydrogens (tertiary/aromatic N) is 3. The second-order valence-electron chi connectivity index (χ2n) is 6.88. The van der Waals surface area contributed by atoms with Crippen molar-refractivity contribution in [2.75, 3.05) is 12.3 Å². The second kappa shape index (κ2) is 7.00. The lowest BCUT2D eigenvalue weighted by Crippen LogP contribution is -2.55. The predicted molar refractivity (Wildman–Crippen MR) is 97.6 cm³/mol. The highest BCUT2D eigenvalue weighted by atomic mass is 32.5. The molecular formula is C14H17F3N5O5PS. The van der Waals surface area contributed by atoms with Crippen LogP contribution in [0, 0.1) is 0 Å². The van der Waals surface area contributed by atoms with Crippen LogP contribution >= 0.6 is 6.72 Å². The summed E-state index contributed by atoms with van der Waals surface area (Å²) in [5.41, 5.74) is 2.16. The molecule has 2 aliphatic rings. The summed E-state index contributed by atoms with van der Waals surface area (Å²) in [6.45, 7) is -0.876. The summed E-state index contributed by atoms with van der Waals surface area (Å²) in [4.78, 5) is 21.9. The number of alkyl halides is 3. The number of rotatable bonds is 4. The van der Waals surface area contributed by atoms with Crippen molar-refractivity contribution in [1.82, 2.24) is 19.5 Å². The Balaban J connectivity index is 1.76. The summed E-state index contributed by atoms with van der Waals surface area (Å²) in [6.07, 6.45) is -8.02. The third-order valence-corrected chi connectivity index (χ3v) is 6.95. The molecule has 160 valence electrons. The SMILES string of the molecule is CC(C)OP1(=S)OC[C@@]2(C(F)F)O[C@@H](n3cnc4c(=O)[nH]c(N)nc43)[C@H](F)[C@@H]2O1. The molecule has 0 aromatic carbocycles. The topological polar surface area (TPSA) is 127 Å². The van der Waals surface area contributed by atoms with Crippen molar-refractivity contribution in [1.29, 1.82) is 0 Å². The highest BCUT2D eigenvalue weighted by molar-refractivity contribution is 8.07. The molecule has 3 N–H and O–H groups in total. The fourth-order valence-electron chi connectivity index (χ4n) is 3.28. The summed E-state index contributed by atoms with van der Waals surface area (Å²) < 4.78 is 65.9. The zero-order valence-corrected chi connectivity index (χ0v) is 16.8. The van der Waals surface area contributed by atoms with Crippen LogP contribution in [0.3, 0.4) is 0 Å². The number of nitrogens with one attached hydrogen (secondary N) is 1. The predicted octanol–water partition coefficient (Wildman–Crippen LogP) is 1.64. The number of ether oxygens (including phenoxy) is 1. The molecule has 0 bridgehead atoms. The van der Waals surface area contributed by atoms with E-state index in [1.807, 2.05) is 0 Å². The fourth-order valence-corrected chi connectivity index (χ4v) is 5.85. The van der Waals surface area contributed by atoms with Gasteiger partial charge in [0.1, 0.15) is 6.10 Å². The molecule has 0 spiro atoms. The average molecular weight is 455 g/mol. The molecule has 0 radical (unpaired) electrons. The van der Waals surface area contributed by atoms with E-state index in [9.17, 15) is 13.6 Å². The van der Waals surface area contributed by atoms with Crippen LogP contribution < -0.4 is 11.3 Å². The number of imidazole rings is 1. The monoisotopic (exact) mass is 455 g/mol. The Morgan fingerprint density at radius 2 is 2.24 bits per heavy atom. The Kier molecular flexibility index (Phi) is 4.99. The van der Waals surface area contributed by atoms with Gasteiger partial charge in [0.25, 0.3) is 12.0 Å². The zero-order chi connectivity index (χ0) is 21.1. The van der Waals surface area contributed by atoms with Crippen molar-refractivity contribution in [3.63, 3.8) is 0 Å². The van der Waals surface area contributed by atoms with Crippen molar-refractivity contribution >= 4 is 35.6 Å². The lowest BCUT2D eigenvalue weighted by Gasteiger charge is -2.41. The van der Waals surface area contributed by atoms with Crippen LogP contribution in [0.5, 0.6) is 0 Å². The molecule has 4 rings (SSSR count). The third kappa shape index (κ3) is 3.27. The van der Waals surface area contributed by atoms with Crippen LogP contribution in [-0.4, -0.2) is 56.5 Å². The minimum Gasteiger partial charge on any atom is -0.369 e. The summed E-state index contributed by atoms with van der Waals surface area (Å²) in [6, 6.07) is 0. The molecule has 10 nitrogen and oxygen atoms in total. The lowest BCUT2D eigenvalue weighted by molar-refractivity contribution is -0.204. The largest absolute Gasteiger partial charge is 0.369 e. The molecule has 29 heavy (non-hydrogen) atoms. The molecule has 0 amide bonds. The Labute approximate surface area is 166 Å². The van der Waals surface area contributed by atoms with Gasteiger partial charge in [0.15, 0.2) is 29.2 Å². The Morgan fingerprint density at radius 1 is 1.52 bits per heavy atom. The molecular weight excluding hydrogens is 438 g/mol. The Bertz CT molecular complexity index is 1050. The molecule has 15 heteroatoms. The van der Waals surface area contributed by atoms with E-state index >= 15 is 4.39 Å². The molecule has 0 aliphatic carbocycles. The number of anilines is 1. The lowest BCUT2D eigenvalue weighted by atomic mass is 9.97. The minimum absolute atomic E-state index is 0.124. The third-order valence-electron chi connectivity index (χ3n) is 4.51. The van der Waals surface area contributed by atoms with Crippen molar-refractivity contribution in [2.24, 2.45) is 0 Å². The molecule has 2 aromatic heterocycles. The summed E-state index contributed by atoms with van der Waals surface area (Å²) in [5, 5.41) is 0. The van der Waals surface area contributed by atoms with E-state index in [1.165, 1.54) is 0 Å². The number of hydrogen-bond acceptors (Lipinski definition) is 9. The maximum atomic E-state index is 15.4. The first-order chi connectivity index (χ1) is 13.6. The van der Waals surface area contributed by atoms with E-state index in [1.54, 1.807) is 13.8 Å². The van der Waals surface area contributed by atoms with Gasteiger partial charge in [-0.05, 0) is 25.7 Å². The van der Waals surface area contributed by atoms with E-state index < -0.39 is 55.5 Å². The van der Waals surface area contributed by atoms with Crippen LogP contribution in [0.15, 0.2) is 11.1 Å². The fraction of sp³-hybridized carbons (Fsp3) is 0.643. The van der Waals surface area contributed by atoms with E-state index in [2.05, 4.69) is 15.0 Å². The van der Waals surface area contributed by atoms with Gasteiger partial charge in [-0.2, -0.15) is 4.98 Å². The zero-order valence-electron chi connectivity index (χ0n) is 15.1. The van der Waals surface area contributed by atoms with Gasteiger partial charge in [-0.25, -0.2) is 18.2 Å². The number of nitrogen functional groups attached to an aromatic ring is 1. The molecule has 5 atom stereocenters. The molecule has 2 saturated heterocycles. The first kappa shape index (κ1) is 20.7. The van der Waals surface area contributed by atoms with Gasteiger partial charge in [0.2, 0.25) is 5.95 Å². The van der Waals surface area contributed by atoms with Crippen LogP contribution in [0.2, 0.25) is 0 Å². The number of H-pyrrole nitrogens is 1. The van der Waals surface area contributed by atoms with Crippen LogP contribution in [-0.2, 0) is 30.1 Å². The summed E-state index contributed by atoms with van der Waals surface area (Å²) >= 11 is 5.18. The highest BCUT2D eigenvalue weighted by Crippen LogP contribution is 2.62. The van der Waals surface area contributed by atoms with Crippen LogP contribution in [0.1, 0.15) is 20.1 Å². The molecule has 2 aliphatic heterocycles. The van der Waals surface area contributed by atoms with Crippen molar-refractivity contribution in [3.05, 3.63) is 16.7 Å². The van der Waals surface area contributed by atoms with E-state index in [-0.39, 0.29) is 17.1 Å². The average Bonchev–Trinajstić information content (AvgIpc) is 3.14. The molecule has 1 unspecified atom stereocenters. The van der Waals surface area contributed by atoms with Crippen molar-refractivity contribution in [3.8, 4) is 0 Å². The van der Waals surface area contributed by atoms with Gasteiger partial charge in [0, 0.05) is 0 Å². The quantitative estimate of drug-likeness (QED) is 0.662. The smallest absolute Gasteiger partial charge is 0.328 e. The van der Waals surface area contributed by atoms with Gasteiger partial charge >= 0.3 is 6.72 Å². The van der Waals surface area contributed by atoms with Crippen LogP contribution in [0.4, 0.5) is 19.1 Å². The van der Waals surface area contributed by atoms with Crippen LogP contribution in [0.25, 0.3) is 11.2 Å². The standard InChI is InChI=1S/C14H17F3N5O5PS/c1-5(2)26-28(29)24-3-14(12(16)17)8(27-28)6(15)11(25-14)22-4-19-7-9(22)20-13(18)21-10(7)23/h4-6,8,11-12H,3H2,1-2H3,(H3,18,20,21,23)/t6-,8+,11-,14-,28?/m1/s1. The van der Waals surface area contributed by atoms with Gasteiger partial charge in [-0.15, -0.1) is 0 Å².